The van der Waals surface area contributed by atoms with Crippen LogP contribution in [-0.4, -0.2) is 32.7 Å². The summed E-state index contributed by atoms with van der Waals surface area (Å²) < 4.78 is 45.6. The van der Waals surface area contributed by atoms with Crippen LogP contribution < -0.4 is 11.3 Å². The highest BCUT2D eigenvalue weighted by atomic mass is 19.4. The molecule has 2 bridgehead atoms. The van der Waals surface area contributed by atoms with Crippen molar-refractivity contribution >= 4 is 17.1 Å². The first kappa shape index (κ1) is 20.6. The molecule has 0 unspecified atom stereocenters. The summed E-state index contributed by atoms with van der Waals surface area (Å²) in [6.45, 7) is 0.299. The second-order valence-electron chi connectivity index (χ2n) is 8.70. The average molecular weight is 449 g/mol. The van der Waals surface area contributed by atoms with E-state index in [9.17, 15) is 28.1 Å². The molecule has 32 heavy (non-hydrogen) atoms. The number of aromatic nitrogens is 3. The summed E-state index contributed by atoms with van der Waals surface area (Å²) in [5, 5.41) is 11.6. The Bertz CT molecular complexity index is 1180. The number of nitrogen functional groups attached to an aromatic ring is 1. The summed E-state index contributed by atoms with van der Waals surface area (Å²) in [7, 11) is 0. The van der Waals surface area contributed by atoms with E-state index in [2.05, 4.69) is 15.0 Å². The number of nitro groups is 1. The highest BCUT2D eigenvalue weighted by Crippen LogP contribution is 2.79. The fourth-order valence-corrected chi connectivity index (χ4v) is 5.09. The van der Waals surface area contributed by atoms with Gasteiger partial charge in [0.15, 0.2) is 5.82 Å². The van der Waals surface area contributed by atoms with Crippen LogP contribution in [0.1, 0.15) is 48.9 Å². The first-order valence-electron chi connectivity index (χ1n) is 9.94. The van der Waals surface area contributed by atoms with Gasteiger partial charge in [0.1, 0.15) is 11.8 Å². The van der Waals surface area contributed by atoms with E-state index in [4.69, 9.17) is 10.5 Å². The van der Waals surface area contributed by atoms with E-state index in [0.29, 0.717) is 24.2 Å². The van der Waals surface area contributed by atoms with E-state index in [0.717, 1.165) is 0 Å². The van der Waals surface area contributed by atoms with Gasteiger partial charge in [0.2, 0.25) is 11.4 Å². The first-order valence-corrected chi connectivity index (χ1v) is 9.94. The van der Waals surface area contributed by atoms with Crippen molar-refractivity contribution in [2.24, 2.45) is 5.41 Å². The number of pyridine rings is 1. The number of nitrogens with one attached hydrogen (secondary N) is 1. The summed E-state index contributed by atoms with van der Waals surface area (Å²) in [4.78, 5) is 33.3. The lowest BCUT2D eigenvalue weighted by molar-refractivity contribution is -0.389. The van der Waals surface area contributed by atoms with Crippen molar-refractivity contribution < 1.29 is 22.8 Å². The van der Waals surface area contributed by atoms with E-state index in [1.54, 1.807) is 12.1 Å². The fourth-order valence-electron chi connectivity index (χ4n) is 5.09. The van der Waals surface area contributed by atoms with Crippen molar-refractivity contribution in [2.45, 2.75) is 43.4 Å². The van der Waals surface area contributed by atoms with Gasteiger partial charge < -0.3 is 15.5 Å². The Morgan fingerprint density at radius 1 is 1.25 bits per heavy atom. The van der Waals surface area contributed by atoms with E-state index in [1.807, 2.05) is 0 Å². The van der Waals surface area contributed by atoms with Crippen LogP contribution in [0.4, 0.5) is 24.7 Å². The van der Waals surface area contributed by atoms with Gasteiger partial charge in [0.05, 0.1) is 16.9 Å². The molecule has 0 aromatic carbocycles. The maximum absolute atomic E-state index is 13.3. The van der Waals surface area contributed by atoms with Gasteiger partial charge in [-0.3, -0.25) is 14.9 Å². The van der Waals surface area contributed by atoms with Crippen molar-refractivity contribution in [3.05, 3.63) is 62.0 Å². The van der Waals surface area contributed by atoms with Crippen LogP contribution in [0.25, 0.3) is 5.57 Å². The molecule has 3 fully saturated rings. The highest BCUT2D eigenvalue weighted by molar-refractivity contribution is 5.68. The van der Waals surface area contributed by atoms with Crippen LogP contribution in [0.2, 0.25) is 0 Å². The molecule has 4 aliphatic rings. The summed E-state index contributed by atoms with van der Waals surface area (Å²) >= 11 is 0. The molecule has 12 heteroatoms. The average Bonchev–Trinajstić information content (AvgIpc) is 2.64. The molecule has 1 atom stereocenters. The minimum absolute atomic E-state index is 0.0240. The van der Waals surface area contributed by atoms with Gasteiger partial charge in [0.25, 0.3) is 0 Å². The number of nitrogens with two attached hydrogens (primary N) is 1. The molecule has 2 aromatic heterocycles. The number of nitrogens with zero attached hydrogens (tertiary/aromatic N) is 3. The summed E-state index contributed by atoms with van der Waals surface area (Å²) in [5.74, 6) is -0.222. The van der Waals surface area contributed by atoms with Crippen LogP contribution in [0.3, 0.4) is 0 Å². The van der Waals surface area contributed by atoms with E-state index < -0.39 is 33.7 Å². The van der Waals surface area contributed by atoms with Crippen LogP contribution in [-0.2, 0) is 10.2 Å². The predicted molar refractivity (Wildman–Crippen MR) is 105 cm³/mol. The molecule has 2 aromatic rings. The Labute approximate surface area is 178 Å². The SMILES string of the molecule is Nc1nc(C2=C[C@H](c3ccc(=O)[nH]c3)OCC2)nc(C23CC(C(F)(F)F)(C2)C3)c1[N+](=O)[O-]. The molecular weight excluding hydrogens is 431 g/mol. The van der Waals surface area contributed by atoms with Gasteiger partial charge in [-0.2, -0.15) is 13.2 Å². The maximum Gasteiger partial charge on any atom is 0.394 e. The third-order valence-corrected chi connectivity index (χ3v) is 6.67. The second-order valence-corrected chi connectivity index (χ2v) is 8.70. The van der Waals surface area contributed by atoms with Crippen molar-refractivity contribution in [3.63, 3.8) is 0 Å². The standard InChI is InChI=1S/C20H18F3N5O4/c21-20(22,23)19-7-18(8-19,9-19)15-14(28(30)31)16(24)27-17(26-15)10-3-4-32-12(5-10)11-1-2-13(29)25-6-11/h1-2,5-6,12H,3-4,7-9H2,(H,25,29)(H2,24,26,27)/t12-,18?,19?/m1/s1. The largest absolute Gasteiger partial charge is 0.394 e. The second kappa shape index (κ2) is 6.61. The quantitative estimate of drug-likeness (QED) is 0.540. The van der Waals surface area contributed by atoms with E-state index in [-0.39, 0.29) is 42.2 Å². The number of hydrogen-bond donors (Lipinski definition) is 2. The van der Waals surface area contributed by atoms with Crippen molar-refractivity contribution in [3.8, 4) is 0 Å². The first-order chi connectivity index (χ1) is 15.0. The maximum atomic E-state index is 13.3. The fraction of sp³-hybridized carbons (Fsp3) is 0.450. The lowest BCUT2D eigenvalue weighted by Gasteiger charge is -2.69. The Balaban J connectivity index is 1.53. The van der Waals surface area contributed by atoms with Crippen LogP contribution >= 0.6 is 0 Å². The number of ether oxygens (including phenoxy) is 1. The van der Waals surface area contributed by atoms with Gasteiger partial charge >= 0.3 is 11.9 Å². The molecule has 0 spiro atoms. The Kier molecular flexibility index (Phi) is 4.26. The number of hydrogen-bond acceptors (Lipinski definition) is 7. The highest BCUT2D eigenvalue weighted by Gasteiger charge is 2.80. The summed E-state index contributed by atoms with van der Waals surface area (Å²) in [6.07, 6.45) is -1.92. The van der Waals surface area contributed by atoms with Crippen molar-refractivity contribution in [1.82, 2.24) is 15.0 Å². The molecule has 0 amide bonds. The Hall–Kier alpha value is -3.28. The number of H-pyrrole nitrogens is 1. The molecular formula is C20H18F3N5O4. The van der Waals surface area contributed by atoms with Gasteiger partial charge in [-0.05, 0) is 43.4 Å². The lowest BCUT2D eigenvalue weighted by Crippen LogP contribution is -2.70. The van der Waals surface area contributed by atoms with Gasteiger partial charge in [-0.25, -0.2) is 9.97 Å². The molecule has 3 heterocycles. The van der Waals surface area contributed by atoms with E-state index in [1.165, 1.54) is 12.3 Å². The third kappa shape index (κ3) is 2.93. The zero-order valence-corrected chi connectivity index (χ0v) is 16.6. The predicted octanol–water partition coefficient (Wildman–Crippen LogP) is 3.18. The summed E-state index contributed by atoms with van der Waals surface area (Å²) in [5.41, 5.74) is 3.60. The van der Waals surface area contributed by atoms with Gasteiger partial charge in [-0.15, -0.1) is 0 Å². The third-order valence-electron chi connectivity index (χ3n) is 6.67. The van der Waals surface area contributed by atoms with Crippen molar-refractivity contribution in [1.29, 1.82) is 0 Å². The number of alkyl halides is 3. The number of rotatable bonds is 4. The molecule has 1 aliphatic heterocycles. The molecule has 3 aliphatic carbocycles. The molecule has 168 valence electrons. The zero-order valence-electron chi connectivity index (χ0n) is 16.6. The van der Waals surface area contributed by atoms with Crippen molar-refractivity contribution in [2.75, 3.05) is 12.3 Å². The van der Waals surface area contributed by atoms with E-state index >= 15 is 0 Å². The lowest BCUT2D eigenvalue weighted by atomic mass is 9.34. The van der Waals surface area contributed by atoms with Gasteiger partial charge in [-0.1, -0.05) is 0 Å². The van der Waals surface area contributed by atoms with Crippen LogP contribution in [0.15, 0.2) is 29.2 Å². The molecule has 0 saturated heterocycles. The minimum Gasteiger partial charge on any atom is -0.378 e. The number of anilines is 1. The molecule has 3 saturated carbocycles. The number of halogens is 3. The topological polar surface area (TPSA) is 137 Å². The Morgan fingerprint density at radius 2 is 1.97 bits per heavy atom. The smallest absolute Gasteiger partial charge is 0.378 e. The zero-order chi connectivity index (χ0) is 22.9. The summed E-state index contributed by atoms with van der Waals surface area (Å²) in [6, 6.07) is 2.97. The number of aromatic amines is 1. The monoisotopic (exact) mass is 449 g/mol. The molecule has 0 radical (unpaired) electrons. The van der Waals surface area contributed by atoms with Crippen LogP contribution in [0, 0.1) is 15.5 Å². The van der Waals surface area contributed by atoms with Crippen LogP contribution in [0.5, 0.6) is 0 Å². The molecule has 6 rings (SSSR count). The molecule has 3 N–H and O–H groups in total. The van der Waals surface area contributed by atoms with Gasteiger partial charge in [0, 0.05) is 23.2 Å². The minimum atomic E-state index is -4.35. The Morgan fingerprint density at radius 3 is 2.56 bits per heavy atom. The normalized spacial score (nSPS) is 29.0. The molecule has 9 nitrogen and oxygen atoms in total.